The highest BCUT2D eigenvalue weighted by molar-refractivity contribution is 7.16. The summed E-state index contributed by atoms with van der Waals surface area (Å²) in [6.07, 6.45) is 0. The van der Waals surface area contributed by atoms with Crippen molar-refractivity contribution >= 4 is 22.2 Å². The van der Waals surface area contributed by atoms with Crippen molar-refractivity contribution in [3.63, 3.8) is 0 Å². The lowest BCUT2D eigenvalue weighted by Gasteiger charge is -2.05. The molecule has 0 aliphatic heterocycles. The van der Waals surface area contributed by atoms with E-state index in [2.05, 4.69) is 19.2 Å². The van der Waals surface area contributed by atoms with Crippen LogP contribution in [0.25, 0.3) is 0 Å². The quantitative estimate of drug-likeness (QED) is 0.853. The predicted octanol–water partition coefficient (Wildman–Crippen LogP) is 3.93. The van der Waals surface area contributed by atoms with Crippen LogP contribution in [0.15, 0.2) is 30.3 Å². The standard InChI is InChI=1S/C14H15NOS/c1-9-6-4-5-7-12(9)14(16)15-13-8-10(2)11(3)17-13/h4-8H,1-3H3,(H,15,16). The Morgan fingerprint density at radius 1 is 1.12 bits per heavy atom. The first-order valence-electron chi connectivity index (χ1n) is 5.52. The van der Waals surface area contributed by atoms with E-state index < -0.39 is 0 Å². The van der Waals surface area contributed by atoms with Gasteiger partial charge in [-0.3, -0.25) is 4.79 Å². The molecule has 0 spiro atoms. The van der Waals surface area contributed by atoms with Crippen LogP contribution in [-0.2, 0) is 0 Å². The van der Waals surface area contributed by atoms with E-state index >= 15 is 0 Å². The van der Waals surface area contributed by atoms with Gasteiger partial charge in [0.25, 0.3) is 5.91 Å². The smallest absolute Gasteiger partial charge is 0.256 e. The van der Waals surface area contributed by atoms with Gasteiger partial charge < -0.3 is 5.32 Å². The Kier molecular flexibility index (Phi) is 3.29. The maximum Gasteiger partial charge on any atom is 0.256 e. The molecule has 2 nitrogen and oxygen atoms in total. The van der Waals surface area contributed by atoms with Crippen molar-refractivity contribution in [2.45, 2.75) is 20.8 Å². The van der Waals surface area contributed by atoms with E-state index in [-0.39, 0.29) is 5.91 Å². The van der Waals surface area contributed by atoms with Crippen molar-refractivity contribution in [2.75, 3.05) is 5.32 Å². The zero-order valence-electron chi connectivity index (χ0n) is 10.2. The lowest BCUT2D eigenvalue weighted by molar-refractivity contribution is 0.102. The maximum absolute atomic E-state index is 12.1. The summed E-state index contributed by atoms with van der Waals surface area (Å²) in [4.78, 5) is 13.3. The Morgan fingerprint density at radius 2 is 1.82 bits per heavy atom. The molecule has 0 saturated carbocycles. The van der Waals surface area contributed by atoms with Crippen LogP contribution in [0.3, 0.4) is 0 Å². The van der Waals surface area contributed by atoms with Gasteiger partial charge in [-0.2, -0.15) is 0 Å². The highest BCUT2D eigenvalue weighted by atomic mass is 32.1. The third kappa shape index (κ3) is 2.56. The molecule has 1 amide bonds. The molecular formula is C14H15NOS. The van der Waals surface area contributed by atoms with Crippen LogP contribution in [0.4, 0.5) is 5.00 Å². The van der Waals surface area contributed by atoms with Crippen LogP contribution in [0.2, 0.25) is 0 Å². The molecule has 0 bridgehead atoms. The van der Waals surface area contributed by atoms with Crippen molar-refractivity contribution in [1.29, 1.82) is 0 Å². The summed E-state index contributed by atoms with van der Waals surface area (Å²) < 4.78 is 0. The van der Waals surface area contributed by atoms with Gasteiger partial charge >= 0.3 is 0 Å². The van der Waals surface area contributed by atoms with E-state index in [1.54, 1.807) is 11.3 Å². The molecule has 2 rings (SSSR count). The molecule has 17 heavy (non-hydrogen) atoms. The van der Waals surface area contributed by atoms with Gasteiger partial charge in [-0.25, -0.2) is 0 Å². The maximum atomic E-state index is 12.1. The molecule has 0 aliphatic carbocycles. The molecule has 1 N–H and O–H groups in total. The highest BCUT2D eigenvalue weighted by Crippen LogP contribution is 2.26. The average molecular weight is 245 g/mol. The van der Waals surface area contributed by atoms with Crippen LogP contribution >= 0.6 is 11.3 Å². The van der Waals surface area contributed by atoms with Crippen molar-refractivity contribution in [1.82, 2.24) is 0 Å². The SMILES string of the molecule is Cc1ccccc1C(=O)Nc1cc(C)c(C)s1. The van der Waals surface area contributed by atoms with Gasteiger partial charge in [0, 0.05) is 10.4 Å². The molecule has 2 aromatic rings. The summed E-state index contributed by atoms with van der Waals surface area (Å²) in [7, 11) is 0. The summed E-state index contributed by atoms with van der Waals surface area (Å²) in [5.74, 6) is -0.0376. The molecular weight excluding hydrogens is 230 g/mol. The van der Waals surface area contributed by atoms with Crippen molar-refractivity contribution in [3.05, 3.63) is 51.9 Å². The van der Waals surface area contributed by atoms with Crippen LogP contribution in [0.5, 0.6) is 0 Å². The fourth-order valence-corrected chi connectivity index (χ4v) is 2.57. The van der Waals surface area contributed by atoms with E-state index in [9.17, 15) is 4.79 Å². The summed E-state index contributed by atoms with van der Waals surface area (Å²) >= 11 is 1.61. The molecule has 0 unspecified atom stereocenters. The molecule has 0 saturated heterocycles. The van der Waals surface area contributed by atoms with Crippen LogP contribution in [0, 0.1) is 20.8 Å². The third-order valence-corrected chi connectivity index (χ3v) is 3.86. The van der Waals surface area contributed by atoms with Gasteiger partial charge in [0.15, 0.2) is 0 Å². The molecule has 0 atom stereocenters. The summed E-state index contributed by atoms with van der Waals surface area (Å²) in [6, 6.07) is 9.62. The van der Waals surface area contributed by atoms with Crippen LogP contribution in [-0.4, -0.2) is 5.91 Å². The van der Waals surface area contributed by atoms with E-state index in [1.165, 1.54) is 10.4 Å². The number of carbonyl (C=O) groups is 1. The van der Waals surface area contributed by atoms with Crippen molar-refractivity contribution in [2.24, 2.45) is 0 Å². The summed E-state index contributed by atoms with van der Waals surface area (Å²) in [5, 5.41) is 3.85. The normalized spacial score (nSPS) is 10.3. The fraction of sp³-hybridized carbons (Fsp3) is 0.214. The molecule has 88 valence electrons. The van der Waals surface area contributed by atoms with Gasteiger partial charge in [-0.05, 0) is 44.0 Å². The minimum Gasteiger partial charge on any atom is -0.314 e. The zero-order valence-corrected chi connectivity index (χ0v) is 11.0. The second-order valence-corrected chi connectivity index (χ2v) is 5.38. The third-order valence-electron chi connectivity index (χ3n) is 2.79. The monoisotopic (exact) mass is 245 g/mol. The van der Waals surface area contributed by atoms with E-state index in [0.717, 1.165) is 16.1 Å². The largest absolute Gasteiger partial charge is 0.314 e. The zero-order chi connectivity index (χ0) is 12.4. The number of hydrogen-bond acceptors (Lipinski definition) is 2. The molecule has 0 radical (unpaired) electrons. The highest BCUT2D eigenvalue weighted by Gasteiger charge is 2.10. The molecule has 1 heterocycles. The van der Waals surface area contributed by atoms with Crippen molar-refractivity contribution in [3.8, 4) is 0 Å². The van der Waals surface area contributed by atoms with Gasteiger partial charge in [0.1, 0.15) is 0 Å². The Bertz CT molecular complexity index is 538. The Labute approximate surface area is 105 Å². The topological polar surface area (TPSA) is 29.1 Å². The van der Waals surface area contributed by atoms with Crippen LogP contribution < -0.4 is 5.32 Å². The first-order valence-corrected chi connectivity index (χ1v) is 6.33. The van der Waals surface area contributed by atoms with Crippen molar-refractivity contribution < 1.29 is 4.79 Å². The number of benzene rings is 1. The van der Waals surface area contributed by atoms with Gasteiger partial charge in [0.2, 0.25) is 0 Å². The van der Waals surface area contributed by atoms with Crippen LogP contribution in [0.1, 0.15) is 26.4 Å². The van der Waals surface area contributed by atoms with E-state index in [0.29, 0.717) is 0 Å². The number of rotatable bonds is 2. The predicted molar refractivity (Wildman–Crippen MR) is 72.9 cm³/mol. The number of anilines is 1. The Morgan fingerprint density at radius 3 is 2.41 bits per heavy atom. The number of thiophene rings is 1. The number of amides is 1. The molecule has 1 aromatic carbocycles. The Hall–Kier alpha value is -1.61. The lowest BCUT2D eigenvalue weighted by atomic mass is 10.1. The molecule has 0 aliphatic rings. The number of aryl methyl sites for hydroxylation is 3. The minimum atomic E-state index is -0.0376. The second-order valence-electron chi connectivity index (χ2n) is 4.12. The first-order chi connectivity index (χ1) is 8.08. The van der Waals surface area contributed by atoms with Gasteiger partial charge in [-0.15, -0.1) is 11.3 Å². The van der Waals surface area contributed by atoms with E-state index in [1.807, 2.05) is 37.3 Å². The number of carbonyl (C=O) groups excluding carboxylic acids is 1. The molecule has 1 aromatic heterocycles. The Balaban J connectivity index is 2.20. The van der Waals surface area contributed by atoms with E-state index in [4.69, 9.17) is 0 Å². The molecule has 3 heteroatoms. The van der Waals surface area contributed by atoms with Gasteiger partial charge in [-0.1, -0.05) is 18.2 Å². The minimum absolute atomic E-state index is 0.0376. The average Bonchev–Trinajstić information content (AvgIpc) is 2.58. The number of nitrogens with one attached hydrogen (secondary N) is 1. The molecule has 0 fully saturated rings. The van der Waals surface area contributed by atoms with Gasteiger partial charge in [0.05, 0.1) is 5.00 Å². The second kappa shape index (κ2) is 4.72. The summed E-state index contributed by atoms with van der Waals surface area (Å²) in [6.45, 7) is 6.05. The first kappa shape index (κ1) is 11.9. The lowest BCUT2D eigenvalue weighted by Crippen LogP contribution is -2.12. The number of hydrogen-bond donors (Lipinski definition) is 1. The fourth-order valence-electron chi connectivity index (χ4n) is 1.64. The summed E-state index contributed by atoms with van der Waals surface area (Å²) in [5.41, 5.74) is 2.95.